The Morgan fingerprint density at radius 3 is 2.62 bits per heavy atom. The van der Waals surface area contributed by atoms with E-state index >= 15 is 0 Å². The first-order chi connectivity index (χ1) is 12.3. The average Bonchev–Trinajstić information content (AvgIpc) is 2.63. The topological polar surface area (TPSA) is 94.1 Å². The lowest BCUT2D eigenvalue weighted by Gasteiger charge is -2.36. The molecule has 8 nitrogen and oxygen atoms in total. The summed E-state index contributed by atoms with van der Waals surface area (Å²) < 4.78 is 25.6. The molecule has 1 atom stereocenters. The predicted octanol–water partition coefficient (Wildman–Crippen LogP) is 0.598. The SMILES string of the molecule is CNC(=S)N(C)C(=O)C(c1ccc(C)c(N=S(=O)=O)c1)N1CCNCC1. The molecule has 1 heterocycles. The van der Waals surface area contributed by atoms with Gasteiger partial charge in [-0.05, 0) is 36.3 Å². The Labute approximate surface area is 160 Å². The zero-order chi connectivity index (χ0) is 19.3. The summed E-state index contributed by atoms with van der Waals surface area (Å²) in [5.74, 6) is -0.177. The summed E-state index contributed by atoms with van der Waals surface area (Å²) in [6.07, 6.45) is 0. The molecule has 1 aromatic carbocycles. The molecule has 26 heavy (non-hydrogen) atoms. The van der Waals surface area contributed by atoms with Crippen LogP contribution in [0.3, 0.4) is 0 Å². The maximum atomic E-state index is 13.1. The van der Waals surface area contributed by atoms with Crippen LogP contribution in [0.1, 0.15) is 17.2 Å². The van der Waals surface area contributed by atoms with Crippen LogP contribution in [0.15, 0.2) is 22.6 Å². The van der Waals surface area contributed by atoms with E-state index in [1.807, 2.05) is 6.07 Å². The lowest BCUT2D eigenvalue weighted by molar-refractivity contribution is -0.132. The first-order valence-electron chi connectivity index (χ1n) is 8.21. The largest absolute Gasteiger partial charge is 0.365 e. The van der Waals surface area contributed by atoms with Gasteiger partial charge in [-0.25, -0.2) is 0 Å². The molecule has 142 valence electrons. The fourth-order valence-electron chi connectivity index (χ4n) is 2.88. The summed E-state index contributed by atoms with van der Waals surface area (Å²) in [6, 6.07) is 4.71. The molecule has 0 saturated carbocycles. The molecular formula is C16H23N5O3S2. The highest BCUT2D eigenvalue weighted by Crippen LogP contribution is 2.29. The number of amides is 1. The number of likely N-dealkylation sites (N-methyl/N-ethyl adjacent to an activating group) is 1. The Bertz CT molecular complexity index is 811. The summed E-state index contributed by atoms with van der Waals surface area (Å²) in [4.78, 5) is 16.6. The minimum absolute atomic E-state index is 0.177. The summed E-state index contributed by atoms with van der Waals surface area (Å²) in [5, 5.41) is 6.40. The molecule has 1 aliphatic heterocycles. The van der Waals surface area contributed by atoms with Gasteiger partial charge in [0, 0.05) is 40.3 Å². The van der Waals surface area contributed by atoms with Crippen molar-refractivity contribution >= 4 is 39.4 Å². The molecule has 2 rings (SSSR count). The Kier molecular flexibility index (Phi) is 7.21. The zero-order valence-electron chi connectivity index (χ0n) is 15.0. The number of benzene rings is 1. The molecule has 1 unspecified atom stereocenters. The Balaban J connectivity index is 2.48. The molecule has 0 spiro atoms. The van der Waals surface area contributed by atoms with Crippen LogP contribution < -0.4 is 10.6 Å². The highest BCUT2D eigenvalue weighted by Gasteiger charge is 2.32. The van der Waals surface area contributed by atoms with Crippen molar-refractivity contribution < 1.29 is 13.2 Å². The quantitative estimate of drug-likeness (QED) is 0.719. The number of piperazine rings is 1. The fourth-order valence-corrected chi connectivity index (χ4v) is 3.32. The molecule has 1 amide bonds. The molecule has 10 heteroatoms. The molecule has 0 bridgehead atoms. The number of nitrogens with one attached hydrogen (secondary N) is 2. The highest BCUT2D eigenvalue weighted by atomic mass is 32.2. The van der Waals surface area contributed by atoms with Gasteiger partial charge in [-0.1, -0.05) is 12.1 Å². The second kappa shape index (κ2) is 9.17. The van der Waals surface area contributed by atoms with Crippen LogP contribution in [0.4, 0.5) is 5.69 Å². The number of rotatable bonds is 4. The van der Waals surface area contributed by atoms with Gasteiger partial charge in [-0.15, -0.1) is 4.36 Å². The van der Waals surface area contributed by atoms with Crippen molar-refractivity contribution in [2.75, 3.05) is 40.3 Å². The van der Waals surface area contributed by atoms with Crippen molar-refractivity contribution in [1.29, 1.82) is 0 Å². The highest BCUT2D eigenvalue weighted by molar-refractivity contribution is 7.80. The van der Waals surface area contributed by atoms with E-state index in [2.05, 4.69) is 19.9 Å². The second-order valence-electron chi connectivity index (χ2n) is 6.00. The second-order valence-corrected chi connectivity index (χ2v) is 7.00. The monoisotopic (exact) mass is 397 g/mol. The summed E-state index contributed by atoms with van der Waals surface area (Å²) in [5.41, 5.74) is 1.75. The van der Waals surface area contributed by atoms with Crippen molar-refractivity contribution in [3.8, 4) is 0 Å². The zero-order valence-corrected chi connectivity index (χ0v) is 16.7. The molecule has 1 aliphatic rings. The van der Waals surface area contributed by atoms with E-state index in [1.54, 1.807) is 33.2 Å². The molecule has 0 aliphatic carbocycles. The number of nitrogens with zero attached hydrogens (tertiary/aromatic N) is 3. The van der Waals surface area contributed by atoms with E-state index in [0.717, 1.165) is 18.7 Å². The van der Waals surface area contributed by atoms with E-state index in [9.17, 15) is 13.2 Å². The van der Waals surface area contributed by atoms with E-state index in [-0.39, 0.29) is 5.91 Å². The number of aryl methyl sites for hydroxylation is 1. The van der Waals surface area contributed by atoms with Gasteiger partial charge in [0.1, 0.15) is 6.04 Å². The molecule has 0 radical (unpaired) electrons. The Hall–Kier alpha value is -1.88. The Morgan fingerprint density at radius 1 is 1.38 bits per heavy atom. The van der Waals surface area contributed by atoms with Crippen molar-refractivity contribution in [3.63, 3.8) is 0 Å². The van der Waals surface area contributed by atoms with Crippen LogP contribution in [-0.2, 0) is 15.3 Å². The van der Waals surface area contributed by atoms with Gasteiger partial charge >= 0.3 is 10.5 Å². The van der Waals surface area contributed by atoms with E-state index in [0.29, 0.717) is 29.5 Å². The average molecular weight is 398 g/mol. The van der Waals surface area contributed by atoms with Gasteiger partial charge in [-0.3, -0.25) is 14.6 Å². The van der Waals surface area contributed by atoms with Gasteiger partial charge < -0.3 is 10.6 Å². The van der Waals surface area contributed by atoms with Gasteiger partial charge in [0.25, 0.3) is 0 Å². The van der Waals surface area contributed by atoms with Crippen LogP contribution in [0.5, 0.6) is 0 Å². The van der Waals surface area contributed by atoms with Crippen LogP contribution in [-0.4, -0.2) is 69.5 Å². The first kappa shape index (κ1) is 20.4. The van der Waals surface area contributed by atoms with Crippen molar-refractivity contribution in [2.24, 2.45) is 4.36 Å². The minimum atomic E-state index is -2.56. The maximum absolute atomic E-state index is 13.1. The van der Waals surface area contributed by atoms with Crippen molar-refractivity contribution in [3.05, 3.63) is 29.3 Å². The molecular weight excluding hydrogens is 374 g/mol. The molecule has 1 fully saturated rings. The van der Waals surface area contributed by atoms with Gasteiger partial charge in [0.2, 0.25) is 5.91 Å². The lowest BCUT2D eigenvalue weighted by atomic mass is 10.0. The lowest BCUT2D eigenvalue weighted by Crippen LogP contribution is -2.51. The van der Waals surface area contributed by atoms with Crippen LogP contribution in [0.25, 0.3) is 0 Å². The molecule has 2 N–H and O–H groups in total. The summed E-state index contributed by atoms with van der Waals surface area (Å²) >= 11 is 5.19. The Morgan fingerprint density at radius 2 is 2.04 bits per heavy atom. The minimum Gasteiger partial charge on any atom is -0.365 e. The summed E-state index contributed by atoms with van der Waals surface area (Å²) in [7, 11) is 0.737. The van der Waals surface area contributed by atoms with Gasteiger partial charge in [-0.2, -0.15) is 8.42 Å². The number of thiocarbonyl (C=S) groups is 1. The van der Waals surface area contributed by atoms with E-state index in [4.69, 9.17) is 12.2 Å². The number of hydrogen-bond acceptors (Lipinski definition) is 7. The number of carbonyl (C=O) groups excluding carboxylic acids is 1. The number of hydrogen-bond donors (Lipinski definition) is 2. The normalized spacial score (nSPS) is 15.8. The molecule has 1 aromatic rings. The maximum Gasteiger partial charge on any atom is 0.316 e. The third kappa shape index (κ3) is 4.85. The number of carbonyl (C=O) groups is 1. The van der Waals surface area contributed by atoms with Gasteiger partial charge in [0.05, 0.1) is 5.69 Å². The first-order valence-corrected chi connectivity index (χ1v) is 9.65. The fraction of sp³-hybridized carbons (Fsp3) is 0.500. The third-order valence-electron chi connectivity index (χ3n) is 4.32. The van der Waals surface area contributed by atoms with Gasteiger partial charge in [0.15, 0.2) is 5.11 Å². The van der Waals surface area contributed by atoms with E-state index in [1.165, 1.54) is 4.90 Å². The van der Waals surface area contributed by atoms with Crippen LogP contribution in [0, 0.1) is 6.92 Å². The molecule has 1 saturated heterocycles. The van der Waals surface area contributed by atoms with Crippen LogP contribution >= 0.6 is 12.2 Å². The summed E-state index contributed by atoms with van der Waals surface area (Å²) in [6.45, 7) is 4.73. The smallest absolute Gasteiger partial charge is 0.316 e. The molecule has 0 aromatic heterocycles. The third-order valence-corrected chi connectivity index (χ3v) is 5.15. The van der Waals surface area contributed by atoms with Crippen LogP contribution in [0.2, 0.25) is 0 Å². The standard InChI is InChI=1S/C16H23N5O3S2/c1-11-4-5-12(10-13(11)19-26(23)24)14(21-8-6-18-7-9-21)15(22)20(3)16(25)17-2/h4-5,10,14,18H,6-9H2,1-3H3,(H,17,25). The van der Waals surface area contributed by atoms with Crippen molar-refractivity contribution in [1.82, 2.24) is 20.4 Å². The predicted molar refractivity (Wildman–Crippen MR) is 104 cm³/mol. The van der Waals surface area contributed by atoms with Crippen molar-refractivity contribution in [2.45, 2.75) is 13.0 Å². The van der Waals surface area contributed by atoms with E-state index < -0.39 is 16.5 Å².